The van der Waals surface area contributed by atoms with Crippen molar-refractivity contribution >= 4 is 5.91 Å². The lowest BCUT2D eigenvalue weighted by atomic mass is 10.0. The fraction of sp³-hybridized carbons (Fsp3) is 0.667. The molecule has 3 nitrogen and oxygen atoms in total. The predicted octanol–water partition coefficient (Wildman–Crippen LogP) is 0.383. The van der Waals surface area contributed by atoms with E-state index in [9.17, 15) is 4.79 Å². The van der Waals surface area contributed by atoms with Gasteiger partial charge in [0.25, 0.3) is 0 Å². The highest BCUT2D eigenvalue weighted by Gasteiger charge is 2.23. The fourth-order valence-corrected chi connectivity index (χ4v) is 1.47. The van der Waals surface area contributed by atoms with E-state index in [-0.39, 0.29) is 5.91 Å². The minimum Gasteiger partial charge on any atom is -0.339 e. The number of hydrogen-bond donors (Lipinski definition) is 1. The SMILES string of the molecule is C=CCN1CCC(NC)CC1=O. The van der Waals surface area contributed by atoms with Crippen LogP contribution in [0, 0.1) is 0 Å². The van der Waals surface area contributed by atoms with E-state index in [2.05, 4.69) is 11.9 Å². The van der Waals surface area contributed by atoms with Crippen molar-refractivity contribution in [3.05, 3.63) is 12.7 Å². The van der Waals surface area contributed by atoms with Crippen LogP contribution in [0.3, 0.4) is 0 Å². The summed E-state index contributed by atoms with van der Waals surface area (Å²) in [5, 5.41) is 3.12. The monoisotopic (exact) mass is 168 g/mol. The Balaban J connectivity index is 2.42. The van der Waals surface area contributed by atoms with Crippen LogP contribution in [-0.4, -0.2) is 37.0 Å². The van der Waals surface area contributed by atoms with Crippen molar-refractivity contribution in [2.24, 2.45) is 0 Å². The van der Waals surface area contributed by atoms with Gasteiger partial charge in [0.05, 0.1) is 0 Å². The Labute approximate surface area is 73.4 Å². The Bertz CT molecular complexity index is 179. The first kappa shape index (κ1) is 9.26. The molecule has 1 amide bonds. The average Bonchev–Trinajstić information content (AvgIpc) is 2.09. The van der Waals surface area contributed by atoms with Gasteiger partial charge in [-0.3, -0.25) is 4.79 Å². The Kier molecular flexibility index (Phi) is 3.29. The third-order valence-electron chi connectivity index (χ3n) is 2.28. The molecule has 1 unspecified atom stereocenters. The maximum atomic E-state index is 11.4. The van der Waals surface area contributed by atoms with Gasteiger partial charge in [0.2, 0.25) is 5.91 Å². The summed E-state index contributed by atoms with van der Waals surface area (Å²) in [7, 11) is 1.90. The van der Waals surface area contributed by atoms with Crippen molar-refractivity contribution in [3.8, 4) is 0 Å². The smallest absolute Gasteiger partial charge is 0.224 e. The van der Waals surface area contributed by atoms with Crippen molar-refractivity contribution in [2.75, 3.05) is 20.1 Å². The molecule has 1 N–H and O–H groups in total. The molecule has 0 aromatic rings. The summed E-state index contributed by atoms with van der Waals surface area (Å²) in [5.41, 5.74) is 0. The lowest BCUT2D eigenvalue weighted by Crippen LogP contribution is -2.44. The summed E-state index contributed by atoms with van der Waals surface area (Å²) in [6, 6.07) is 0.374. The first-order valence-electron chi connectivity index (χ1n) is 4.34. The lowest BCUT2D eigenvalue weighted by Gasteiger charge is -2.30. The topological polar surface area (TPSA) is 32.3 Å². The minimum absolute atomic E-state index is 0.237. The molecule has 0 spiro atoms. The first-order valence-corrected chi connectivity index (χ1v) is 4.34. The van der Waals surface area contributed by atoms with Crippen LogP contribution in [0.15, 0.2) is 12.7 Å². The van der Waals surface area contributed by atoms with E-state index in [1.807, 2.05) is 11.9 Å². The van der Waals surface area contributed by atoms with E-state index in [0.717, 1.165) is 13.0 Å². The largest absolute Gasteiger partial charge is 0.339 e. The maximum Gasteiger partial charge on any atom is 0.224 e. The van der Waals surface area contributed by atoms with Crippen molar-refractivity contribution in [1.29, 1.82) is 0 Å². The third kappa shape index (κ3) is 2.08. The standard InChI is InChI=1S/C9H16N2O/c1-3-5-11-6-4-8(10-2)7-9(11)12/h3,8,10H,1,4-7H2,2H3. The lowest BCUT2D eigenvalue weighted by molar-refractivity contribution is -0.133. The second kappa shape index (κ2) is 4.26. The molecule has 1 rings (SSSR count). The number of likely N-dealkylation sites (tertiary alicyclic amines) is 1. The van der Waals surface area contributed by atoms with Crippen molar-refractivity contribution in [3.63, 3.8) is 0 Å². The number of carbonyl (C=O) groups is 1. The summed E-state index contributed by atoms with van der Waals surface area (Å²) in [6.07, 6.45) is 3.46. The highest BCUT2D eigenvalue weighted by Crippen LogP contribution is 2.10. The van der Waals surface area contributed by atoms with Crippen molar-refractivity contribution in [1.82, 2.24) is 10.2 Å². The van der Waals surface area contributed by atoms with Crippen LogP contribution in [0.25, 0.3) is 0 Å². The number of piperidine rings is 1. The molecule has 1 fully saturated rings. The van der Waals surface area contributed by atoms with Gasteiger partial charge in [-0.15, -0.1) is 6.58 Å². The number of nitrogens with zero attached hydrogens (tertiary/aromatic N) is 1. The molecule has 1 saturated heterocycles. The normalized spacial score (nSPS) is 24.2. The van der Waals surface area contributed by atoms with Gasteiger partial charge in [0, 0.05) is 25.6 Å². The number of carbonyl (C=O) groups excluding carboxylic acids is 1. The Hall–Kier alpha value is -0.830. The van der Waals surface area contributed by atoms with Crippen LogP contribution in [-0.2, 0) is 4.79 Å². The molecule has 0 aliphatic carbocycles. The van der Waals surface area contributed by atoms with Gasteiger partial charge in [-0.1, -0.05) is 6.08 Å². The molecule has 1 heterocycles. The van der Waals surface area contributed by atoms with Gasteiger partial charge in [-0.05, 0) is 13.5 Å². The summed E-state index contributed by atoms with van der Waals surface area (Å²) < 4.78 is 0. The highest BCUT2D eigenvalue weighted by atomic mass is 16.2. The third-order valence-corrected chi connectivity index (χ3v) is 2.28. The van der Waals surface area contributed by atoms with Crippen LogP contribution < -0.4 is 5.32 Å². The number of nitrogens with one attached hydrogen (secondary N) is 1. The van der Waals surface area contributed by atoms with Crippen LogP contribution in [0.5, 0.6) is 0 Å². The van der Waals surface area contributed by atoms with E-state index in [4.69, 9.17) is 0 Å². The summed E-state index contributed by atoms with van der Waals surface area (Å²) in [5.74, 6) is 0.237. The van der Waals surface area contributed by atoms with Crippen LogP contribution >= 0.6 is 0 Å². The van der Waals surface area contributed by atoms with E-state index in [1.165, 1.54) is 0 Å². The quantitative estimate of drug-likeness (QED) is 0.618. The summed E-state index contributed by atoms with van der Waals surface area (Å²) in [4.78, 5) is 13.2. The van der Waals surface area contributed by atoms with Crippen LogP contribution in [0.4, 0.5) is 0 Å². The molecule has 0 bridgehead atoms. The van der Waals surface area contributed by atoms with Gasteiger partial charge in [-0.2, -0.15) is 0 Å². The molecule has 68 valence electrons. The molecular formula is C9H16N2O. The van der Waals surface area contributed by atoms with E-state index < -0.39 is 0 Å². The zero-order chi connectivity index (χ0) is 8.97. The number of hydrogen-bond acceptors (Lipinski definition) is 2. The van der Waals surface area contributed by atoms with Crippen LogP contribution in [0.1, 0.15) is 12.8 Å². The first-order chi connectivity index (χ1) is 5.77. The molecule has 1 aliphatic rings. The Morgan fingerprint density at radius 2 is 2.58 bits per heavy atom. The van der Waals surface area contributed by atoms with Gasteiger partial charge in [0.15, 0.2) is 0 Å². The zero-order valence-electron chi connectivity index (χ0n) is 7.55. The Morgan fingerprint density at radius 1 is 1.83 bits per heavy atom. The average molecular weight is 168 g/mol. The maximum absolute atomic E-state index is 11.4. The van der Waals surface area contributed by atoms with Crippen LogP contribution in [0.2, 0.25) is 0 Å². The molecule has 1 atom stereocenters. The molecule has 1 aliphatic heterocycles. The Morgan fingerprint density at radius 3 is 3.08 bits per heavy atom. The van der Waals surface area contributed by atoms with Gasteiger partial charge >= 0.3 is 0 Å². The van der Waals surface area contributed by atoms with Gasteiger partial charge < -0.3 is 10.2 Å². The van der Waals surface area contributed by atoms with E-state index >= 15 is 0 Å². The summed E-state index contributed by atoms with van der Waals surface area (Å²) >= 11 is 0. The highest BCUT2D eigenvalue weighted by molar-refractivity contribution is 5.77. The van der Waals surface area contributed by atoms with E-state index in [0.29, 0.717) is 19.0 Å². The molecule has 0 radical (unpaired) electrons. The zero-order valence-corrected chi connectivity index (χ0v) is 7.55. The van der Waals surface area contributed by atoms with Gasteiger partial charge in [-0.25, -0.2) is 0 Å². The second-order valence-electron chi connectivity index (χ2n) is 3.11. The minimum atomic E-state index is 0.237. The van der Waals surface area contributed by atoms with Crippen molar-refractivity contribution in [2.45, 2.75) is 18.9 Å². The molecule has 3 heteroatoms. The molecule has 0 aromatic carbocycles. The molecule has 0 saturated carbocycles. The molecule has 12 heavy (non-hydrogen) atoms. The van der Waals surface area contributed by atoms with Crippen molar-refractivity contribution < 1.29 is 4.79 Å². The molecular weight excluding hydrogens is 152 g/mol. The predicted molar refractivity (Wildman–Crippen MR) is 48.9 cm³/mol. The second-order valence-corrected chi connectivity index (χ2v) is 3.11. The summed E-state index contributed by atoms with van der Waals surface area (Å²) in [6.45, 7) is 5.17. The molecule has 0 aromatic heterocycles. The fourth-order valence-electron chi connectivity index (χ4n) is 1.47. The number of amides is 1. The van der Waals surface area contributed by atoms with E-state index in [1.54, 1.807) is 6.08 Å². The number of rotatable bonds is 3. The van der Waals surface area contributed by atoms with Gasteiger partial charge in [0.1, 0.15) is 0 Å².